The summed E-state index contributed by atoms with van der Waals surface area (Å²) in [7, 11) is 0. The molecule has 0 aliphatic heterocycles. The number of carbonyl (C=O) groups is 1. The highest BCUT2D eigenvalue weighted by molar-refractivity contribution is 5.94. The van der Waals surface area contributed by atoms with Gasteiger partial charge in [0.15, 0.2) is 0 Å². The molecule has 0 aliphatic rings. The minimum atomic E-state index is -0.0824. The van der Waals surface area contributed by atoms with Gasteiger partial charge in [0, 0.05) is 11.1 Å². The first kappa shape index (κ1) is 15.7. The van der Waals surface area contributed by atoms with Crippen LogP contribution >= 0.6 is 0 Å². The Morgan fingerprint density at radius 3 is 2.37 bits per heavy atom. The van der Waals surface area contributed by atoms with Gasteiger partial charge in [0.2, 0.25) is 0 Å². The Labute approximate surface area is 116 Å². The minimum Gasteiger partial charge on any atom is -0.347 e. The Balaban J connectivity index is 2.85. The zero-order chi connectivity index (χ0) is 14.3. The zero-order valence-electron chi connectivity index (χ0n) is 12.3. The topological polar surface area (TPSA) is 55.1 Å². The van der Waals surface area contributed by atoms with Gasteiger partial charge in [0.25, 0.3) is 5.91 Å². The van der Waals surface area contributed by atoms with Gasteiger partial charge in [-0.25, -0.2) is 0 Å². The van der Waals surface area contributed by atoms with E-state index in [-0.39, 0.29) is 11.4 Å². The first-order chi connectivity index (χ1) is 9.10. The molecule has 3 N–H and O–H groups in total. The van der Waals surface area contributed by atoms with Crippen LogP contribution in [0.5, 0.6) is 0 Å². The maximum absolute atomic E-state index is 12.4. The molecule has 106 valence electrons. The lowest BCUT2D eigenvalue weighted by atomic mass is 9.89. The minimum absolute atomic E-state index is 0.0180. The van der Waals surface area contributed by atoms with Crippen LogP contribution < -0.4 is 11.1 Å². The highest BCUT2D eigenvalue weighted by atomic mass is 16.1. The van der Waals surface area contributed by atoms with Crippen molar-refractivity contribution >= 4 is 5.91 Å². The Kier molecular flexibility index (Phi) is 6.03. The molecule has 3 heteroatoms. The molecule has 0 spiro atoms. The molecule has 1 aromatic carbocycles. The molecule has 0 bridgehead atoms. The molecule has 0 saturated heterocycles. The third kappa shape index (κ3) is 4.06. The maximum Gasteiger partial charge on any atom is 0.251 e. The SMILES string of the molecule is CCC(CC)(CC)NC(=O)c1cccc(CCN)c1. The zero-order valence-corrected chi connectivity index (χ0v) is 12.3. The van der Waals surface area contributed by atoms with Crippen LogP contribution in [-0.2, 0) is 6.42 Å². The van der Waals surface area contributed by atoms with Crippen molar-refractivity contribution < 1.29 is 4.79 Å². The van der Waals surface area contributed by atoms with E-state index in [1.165, 1.54) is 0 Å². The van der Waals surface area contributed by atoms with Crippen LogP contribution in [0, 0.1) is 0 Å². The molecule has 0 aromatic heterocycles. The summed E-state index contributed by atoms with van der Waals surface area (Å²) in [6.45, 7) is 6.97. The Bertz CT molecular complexity index is 403. The summed E-state index contributed by atoms with van der Waals surface area (Å²) in [4.78, 5) is 12.4. The average Bonchev–Trinajstić information content (AvgIpc) is 2.45. The summed E-state index contributed by atoms with van der Waals surface area (Å²) in [6.07, 6.45) is 3.66. The summed E-state index contributed by atoms with van der Waals surface area (Å²) in [5.74, 6) is 0.0180. The monoisotopic (exact) mass is 262 g/mol. The Morgan fingerprint density at radius 2 is 1.84 bits per heavy atom. The van der Waals surface area contributed by atoms with Gasteiger partial charge in [-0.2, -0.15) is 0 Å². The van der Waals surface area contributed by atoms with Crippen molar-refractivity contribution in [3.05, 3.63) is 35.4 Å². The first-order valence-electron chi connectivity index (χ1n) is 7.22. The summed E-state index contributed by atoms with van der Waals surface area (Å²) in [5.41, 5.74) is 7.31. The van der Waals surface area contributed by atoms with Crippen LogP contribution in [0.25, 0.3) is 0 Å². The van der Waals surface area contributed by atoms with Gasteiger partial charge >= 0.3 is 0 Å². The quantitative estimate of drug-likeness (QED) is 0.794. The van der Waals surface area contributed by atoms with E-state index in [0.29, 0.717) is 6.54 Å². The number of carbonyl (C=O) groups excluding carboxylic acids is 1. The van der Waals surface area contributed by atoms with E-state index in [0.717, 1.165) is 36.8 Å². The molecule has 19 heavy (non-hydrogen) atoms. The summed E-state index contributed by atoms with van der Waals surface area (Å²) in [6, 6.07) is 7.73. The normalized spacial score (nSPS) is 11.4. The number of rotatable bonds is 7. The van der Waals surface area contributed by atoms with Crippen LogP contribution in [0.15, 0.2) is 24.3 Å². The van der Waals surface area contributed by atoms with Crippen LogP contribution in [0.2, 0.25) is 0 Å². The first-order valence-corrected chi connectivity index (χ1v) is 7.22. The van der Waals surface area contributed by atoms with Crippen molar-refractivity contribution in [2.75, 3.05) is 6.54 Å². The summed E-state index contributed by atoms with van der Waals surface area (Å²) in [5, 5.41) is 3.19. The molecular formula is C16H26N2O. The number of nitrogens with one attached hydrogen (secondary N) is 1. The van der Waals surface area contributed by atoms with E-state index < -0.39 is 0 Å². The fourth-order valence-corrected chi connectivity index (χ4v) is 2.36. The highest BCUT2D eigenvalue weighted by Crippen LogP contribution is 2.20. The van der Waals surface area contributed by atoms with Gasteiger partial charge in [-0.3, -0.25) is 4.79 Å². The van der Waals surface area contributed by atoms with E-state index >= 15 is 0 Å². The maximum atomic E-state index is 12.4. The average molecular weight is 262 g/mol. The van der Waals surface area contributed by atoms with Gasteiger partial charge < -0.3 is 11.1 Å². The van der Waals surface area contributed by atoms with Crippen LogP contribution in [0.1, 0.15) is 56.0 Å². The predicted molar refractivity (Wildman–Crippen MR) is 80.3 cm³/mol. The van der Waals surface area contributed by atoms with E-state index in [1.54, 1.807) is 0 Å². The molecule has 3 nitrogen and oxygen atoms in total. The number of amides is 1. The molecule has 1 amide bonds. The van der Waals surface area contributed by atoms with Gasteiger partial charge in [-0.05, 0) is 49.9 Å². The lowest BCUT2D eigenvalue weighted by Crippen LogP contribution is -2.47. The molecule has 1 aromatic rings. The van der Waals surface area contributed by atoms with E-state index in [4.69, 9.17) is 5.73 Å². The van der Waals surface area contributed by atoms with E-state index in [1.807, 2.05) is 24.3 Å². The lowest BCUT2D eigenvalue weighted by Gasteiger charge is -2.31. The molecule has 0 atom stereocenters. The molecule has 0 aliphatic carbocycles. The molecule has 0 heterocycles. The predicted octanol–water partition coefficient (Wildman–Crippen LogP) is 2.89. The van der Waals surface area contributed by atoms with Crippen molar-refractivity contribution in [1.29, 1.82) is 0 Å². The van der Waals surface area contributed by atoms with E-state index in [9.17, 15) is 4.79 Å². The van der Waals surface area contributed by atoms with Gasteiger partial charge in [0.05, 0.1) is 0 Å². The van der Waals surface area contributed by atoms with Gasteiger partial charge in [-0.15, -0.1) is 0 Å². The van der Waals surface area contributed by atoms with Crippen LogP contribution in [0.4, 0.5) is 0 Å². The molecule has 1 rings (SSSR count). The molecule has 0 fully saturated rings. The standard InChI is InChI=1S/C16H26N2O/c1-4-16(5-2,6-3)18-15(19)14-9-7-8-13(12-14)10-11-17/h7-9,12H,4-6,10-11,17H2,1-3H3,(H,18,19). The molecule has 0 radical (unpaired) electrons. The van der Waals surface area contributed by atoms with Gasteiger partial charge in [0.1, 0.15) is 0 Å². The van der Waals surface area contributed by atoms with Crippen molar-refractivity contribution in [3.8, 4) is 0 Å². The molecule has 0 unspecified atom stereocenters. The lowest BCUT2D eigenvalue weighted by molar-refractivity contribution is 0.0888. The highest BCUT2D eigenvalue weighted by Gasteiger charge is 2.26. The number of hydrogen-bond acceptors (Lipinski definition) is 2. The molecule has 0 saturated carbocycles. The fourth-order valence-electron chi connectivity index (χ4n) is 2.36. The van der Waals surface area contributed by atoms with Crippen LogP contribution in [-0.4, -0.2) is 18.0 Å². The van der Waals surface area contributed by atoms with Crippen molar-refractivity contribution in [1.82, 2.24) is 5.32 Å². The van der Waals surface area contributed by atoms with Crippen molar-refractivity contribution in [3.63, 3.8) is 0 Å². The number of benzene rings is 1. The Hall–Kier alpha value is -1.35. The largest absolute Gasteiger partial charge is 0.347 e. The Morgan fingerprint density at radius 1 is 1.21 bits per heavy atom. The van der Waals surface area contributed by atoms with Crippen LogP contribution in [0.3, 0.4) is 0 Å². The third-order valence-electron chi connectivity index (χ3n) is 4.03. The second-order valence-electron chi connectivity index (χ2n) is 5.03. The summed E-state index contributed by atoms with van der Waals surface area (Å²) >= 11 is 0. The second-order valence-corrected chi connectivity index (χ2v) is 5.03. The smallest absolute Gasteiger partial charge is 0.251 e. The van der Waals surface area contributed by atoms with Crippen molar-refractivity contribution in [2.45, 2.75) is 52.0 Å². The fraction of sp³-hybridized carbons (Fsp3) is 0.562. The third-order valence-corrected chi connectivity index (χ3v) is 4.03. The molecular weight excluding hydrogens is 236 g/mol. The van der Waals surface area contributed by atoms with E-state index in [2.05, 4.69) is 26.1 Å². The number of hydrogen-bond donors (Lipinski definition) is 2. The van der Waals surface area contributed by atoms with Crippen molar-refractivity contribution in [2.24, 2.45) is 5.73 Å². The summed E-state index contributed by atoms with van der Waals surface area (Å²) < 4.78 is 0. The van der Waals surface area contributed by atoms with Gasteiger partial charge in [-0.1, -0.05) is 32.9 Å². The number of nitrogens with two attached hydrogens (primary N) is 1. The second kappa shape index (κ2) is 7.29.